The summed E-state index contributed by atoms with van der Waals surface area (Å²) in [7, 11) is 2.80. The lowest BCUT2D eigenvalue weighted by Crippen LogP contribution is -2.15. The first-order valence-corrected chi connectivity index (χ1v) is 7.26. The Labute approximate surface area is 140 Å². The molecule has 0 saturated heterocycles. The van der Waals surface area contributed by atoms with Crippen molar-refractivity contribution in [3.8, 4) is 11.5 Å². The SMILES string of the molecule is C=CCOc1ccc(/C=C2\C(=O)NC(C)=C2C(=O)OC)cc1OC. The summed E-state index contributed by atoms with van der Waals surface area (Å²) < 4.78 is 15.5. The summed E-state index contributed by atoms with van der Waals surface area (Å²) in [5, 5.41) is 2.62. The van der Waals surface area contributed by atoms with Crippen LogP contribution in [0.5, 0.6) is 11.5 Å². The summed E-state index contributed by atoms with van der Waals surface area (Å²) in [5.74, 6) is 0.175. The van der Waals surface area contributed by atoms with Crippen LogP contribution >= 0.6 is 0 Å². The summed E-state index contributed by atoms with van der Waals surface area (Å²) in [6.07, 6.45) is 3.24. The third-order valence-electron chi connectivity index (χ3n) is 3.43. The Hall–Kier alpha value is -3.02. The third-order valence-corrected chi connectivity index (χ3v) is 3.43. The summed E-state index contributed by atoms with van der Waals surface area (Å²) in [6.45, 7) is 5.60. The molecule has 24 heavy (non-hydrogen) atoms. The lowest BCUT2D eigenvalue weighted by molar-refractivity contribution is -0.136. The summed E-state index contributed by atoms with van der Waals surface area (Å²) in [6, 6.07) is 5.22. The van der Waals surface area contributed by atoms with Crippen LogP contribution in [-0.4, -0.2) is 32.7 Å². The normalized spacial score (nSPS) is 15.3. The van der Waals surface area contributed by atoms with Crippen molar-refractivity contribution in [2.24, 2.45) is 0 Å². The molecule has 0 atom stereocenters. The average molecular weight is 329 g/mol. The van der Waals surface area contributed by atoms with E-state index in [-0.39, 0.29) is 17.1 Å². The summed E-state index contributed by atoms with van der Waals surface area (Å²) >= 11 is 0. The number of amides is 1. The molecule has 0 saturated carbocycles. The number of hydrogen-bond donors (Lipinski definition) is 1. The number of allylic oxidation sites excluding steroid dienone is 1. The largest absolute Gasteiger partial charge is 0.493 e. The van der Waals surface area contributed by atoms with Gasteiger partial charge in [0.05, 0.1) is 25.4 Å². The summed E-state index contributed by atoms with van der Waals surface area (Å²) in [5.41, 5.74) is 1.64. The zero-order valence-electron chi connectivity index (χ0n) is 13.8. The van der Waals surface area contributed by atoms with Gasteiger partial charge in [-0.05, 0) is 30.7 Å². The van der Waals surface area contributed by atoms with Crippen LogP contribution in [0.15, 0.2) is 47.7 Å². The number of esters is 1. The maximum atomic E-state index is 12.1. The van der Waals surface area contributed by atoms with E-state index in [0.717, 1.165) is 0 Å². The number of rotatable bonds is 6. The molecule has 0 aromatic heterocycles. The lowest BCUT2D eigenvalue weighted by Gasteiger charge is -2.10. The van der Waals surface area contributed by atoms with Crippen molar-refractivity contribution in [1.82, 2.24) is 5.32 Å². The molecule has 126 valence electrons. The minimum Gasteiger partial charge on any atom is -0.493 e. The molecule has 0 spiro atoms. The molecule has 2 rings (SSSR count). The molecule has 1 aliphatic heterocycles. The topological polar surface area (TPSA) is 73.9 Å². The van der Waals surface area contributed by atoms with Crippen LogP contribution in [0.4, 0.5) is 0 Å². The van der Waals surface area contributed by atoms with E-state index in [1.807, 2.05) is 0 Å². The van der Waals surface area contributed by atoms with Crippen LogP contribution in [0.25, 0.3) is 6.08 Å². The van der Waals surface area contributed by atoms with Gasteiger partial charge in [-0.1, -0.05) is 18.7 Å². The van der Waals surface area contributed by atoms with Gasteiger partial charge in [0.1, 0.15) is 6.61 Å². The number of carbonyl (C=O) groups excluding carboxylic acids is 2. The van der Waals surface area contributed by atoms with Crippen molar-refractivity contribution in [3.63, 3.8) is 0 Å². The highest BCUT2D eigenvalue weighted by molar-refractivity contribution is 6.16. The zero-order chi connectivity index (χ0) is 17.7. The second kappa shape index (κ2) is 7.50. The first-order chi connectivity index (χ1) is 11.5. The standard InChI is InChI=1S/C18H19NO5/c1-5-8-24-14-7-6-12(10-15(14)22-3)9-13-16(18(21)23-4)11(2)19-17(13)20/h5-7,9-10H,1,8H2,2-4H3,(H,19,20)/b13-9-. The van der Waals surface area contributed by atoms with E-state index in [0.29, 0.717) is 29.4 Å². The number of benzene rings is 1. The molecular weight excluding hydrogens is 310 g/mol. The van der Waals surface area contributed by atoms with Gasteiger partial charge < -0.3 is 19.5 Å². The Balaban J connectivity index is 2.41. The van der Waals surface area contributed by atoms with E-state index in [9.17, 15) is 9.59 Å². The van der Waals surface area contributed by atoms with Gasteiger partial charge in [-0.25, -0.2) is 4.79 Å². The first kappa shape index (κ1) is 17.3. The van der Waals surface area contributed by atoms with Crippen molar-refractivity contribution < 1.29 is 23.8 Å². The molecule has 1 amide bonds. The predicted octanol–water partition coefficient (Wildman–Crippen LogP) is 2.22. The van der Waals surface area contributed by atoms with Gasteiger partial charge in [0.15, 0.2) is 11.5 Å². The molecule has 0 aliphatic carbocycles. The van der Waals surface area contributed by atoms with Crippen molar-refractivity contribution in [2.45, 2.75) is 6.92 Å². The molecule has 6 heteroatoms. The van der Waals surface area contributed by atoms with Gasteiger partial charge in [-0.15, -0.1) is 0 Å². The van der Waals surface area contributed by atoms with Crippen LogP contribution in [0.3, 0.4) is 0 Å². The molecule has 1 N–H and O–H groups in total. The Morgan fingerprint density at radius 1 is 1.29 bits per heavy atom. The monoisotopic (exact) mass is 329 g/mol. The maximum Gasteiger partial charge on any atom is 0.340 e. The van der Waals surface area contributed by atoms with Crippen molar-refractivity contribution in [3.05, 3.63) is 53.3 Å². The van der Waals surface area contributed by atoms with E-state index < -0.39 is 5.97 Å². The molecule has 1 heterocycles. The Morgan fingerprint density at radius 3 is 2.67 bits per heavy atom. The average Bonchev–Trinajstić information content (AvgIpc) is 2.86. The van der Waals surface area contributed by atoms with Crippen molar-refractivity contribution in [2.75, 3.05) is 20.8 Å². The Kier molecular flexibility index (Phi) is 5.42. The molecule has 0 unspecified atom stereocenters. The highest BCUT2D eigenvalue weighted by Gasteiger charge is 2.30. The van der Waals surface area contributed by atoms with Gasteiger partial charge in [-0.3, -0.25) is 4.79 Å². The highest BCUT2D eigenvalue weighted by Crippen LogP contribution is 2.31. The van der Waals surface area contributed by atoms with Crippen LogP contribution < -0.4 is 14.8 Å². The molecule has 1 aromatic carbocycles. The number of hydrogen-bond acceptors (Lipinski definition) is 5. The fraction of sp³-hybridized carbons (Fsp3) is 0.222. The van der Waals surface area contributed by atoms with Gasteiger partial charge >= 0.3 is 5.97 Å². The van der Waals surface area contributed by atoms with Crippen LogP contribution in [0.2, 0.25) is 0 Å². The lowest BCUT2D eigenvalue weighted by atomic mass is 10.0. The fourth-order valence-corrected chi connectivity index (χ4v) is 2.33. The van der Waals surface area contributed by atoms with E-state index in [1.54, 1.807) is 37.3 Å². The second-order valence-electron chi connectivity index (χ2n) is 5.01. The molecule has 1 aromatic rings. The number of methoxy groups -OCH3 is 2. The number of ether oxygens (including phenoxy) is 3. The van der Waals surface area contributed by atoms with E-state index in [1.165, 1.54) is 14.2 Å². The predicted molar refractivity (Wildman–Crippen MR) is 89.5 cm³/mol. The number of nitrogens with one attached hydrogen (secondary N) is 1. The molecule has 6 nitrogen and oxygen atoms in total. The van der Waals surface area contributed by atoms with Crippen molar-refractivity contribution >= 4 is 18.0 Å². The second-order valence-corrected chi connectivity index (χ2v) is 5.01. The minimum atomic E-state index is -0.560. The van der Waals surface area contributed by atoms with E-state index >= 15 is 0 Å². The Bertz CT molecular complexity index is 746. The molecule has 0 radical (unpaired) electrons. The number of carbonyl (C=O) groups is 2. The molecule has 0 bridgehead atoms. The van der Waals surface area contributed by atoms with Crippen LogP contribution in [0, 0.1) is 0 Å². The highest BCUT2D eigenvalue weighted by atomic mass is 16.5. The minimum absolute atomic E-state index is 0.230. The van der Waals surface area contributed by atoms with Crippen molar-refractivity contribution in [1.29, 1.82) is 0 Å². The first-order valence-electron chi connectivity index (χ1n) is 7.26. The molecular formula is C18H19NO5. The van der Waals surface area contributed by atoms with Gasteiger partial charge in [-0.2, -0.15) is 0 Å². The quantitative estimate of drug-likeness (QED) is 0.492. The third kappa shape index (κ3) is 3.48. The molecule has 1 aliphatic rings. The fourth-order valence-electron chi connectivity index (χ4n) is 2.33. The summed E-state index contributed by atoms with van der Waals surface area (Å²) in [4.78, 5) is 24.0. The molecule has 0 fully saturated rings. The van der Waals surface area contributed by atoms with E-state index in [2.05, 4.69) is 11.9 Å². The zero-order valence-corrected chi connectivity index (χ0v) is 13.8. The van der Waals surface area contributed by atoms with Gasteiger partial charge in [0, 0.05) is 5.70 Å². The van der Waals surface area contributed by atoms with Gasteiger partial charge in [0.25, 0.3) is 5.91 Å². The van der Waals surface area contributed by atoms with Crippen LogP contribution in [0.1, 0.15) is 12.5 Å². The van der Waals surface area contributed by atoms with E-state index in [4.69, 9.17) is 14.2 Å². The van der Waals surface area contributed by atoms with Crippen LogP contribution in [-0.2, 0) is 14.3 Å². The maximum absolute atomic E-state index is 12.1. The van der Waals surface area contributed by atoms with Gasteiger partial charge in [0.2, 0.25) is 0 Å². The Morgan fingerprint density at radius 2 is 2.04 bits per heavy atom. The smallest absolute Gasteiger partial charge is 0.340 e.